The summed E-state index contributed by atoms with van der Waals surface area (Å²) in [5, 5.41) is 3.79. The Kier molecular flexibility index (Phi) is 3.71. The highest BCUT2D eigenvalue weighted by Gasteiger charge is 2.10. The van der Waals surface area contributed by atoms with Gasteiger partial charge in [0, 0.05) is 27.3 Å². The van der Waals surface area contributed by atoms with E-state index in [2.05, 4.69) is 26.2 Å². The maximum absolute atomic E-state index is 12.5. The number of aromatic nitrogens is 1. The number of hydrogen-bond acceptors (Lipinski definition) is 2. The molecule has 0 aliphatic heterocycles. The first-order valence-electron chi connectivity index (χ1n) is 6.56. The number of benzene rings is 2. The molecule has 1 amide bonds. The number of anilines is 1. The van der Waals surface area contributed by atoms with Crippen LogP contribution in [0.3, 0.4) is 0 Å². The van der Waals surface area contributed by atoms with E-state index in [-0.39, 0.29) is 5.91 Å². The second kappa shape index (κ2) is 5.66. The van der Waals surface area contributed by atoms with Crippen molar-refractivity contribution in [3.8, 4) is 0 Å². The highest BCUT2D eigenvalue weighted by Crippen LogP contribution is 2.21. The van der Waals surface area contributed by atoms with Gasteiger partial charge in [-0.3, -0.25) is 9.78 Å². The van der Waals surface area contributed by atoms with Gasteiger partial charge in [0.2, 0.25) is 0 Å². The first-order chi connectivity index (χ1) is 10.1. The number of halogens is 1. The van der Waals surface area contributed by atoms with E-state index in [0.717, 1.165) is 26.6 Å². The van der Waals surface area contributed by atoms with E-state index in [1.165, 1.54) is 0 Å². The lowest BCUT2D eigenvalue weighted by Crippen LogP contribution is -2.12. The van der Waals surface area contributed by atoms with Crippen LogP contribution in [-0.4, -0.2) is 10.9 Å². The van der Waals surface area contributed by atoms with Crippen LogP contribution in [0.1, 0.15) is 15.9 Å². The quantitative estimate of drug-likeness (QED) is 0.743. The zero-order valence-electron chi connectivity index (χ0n) is 11.4. The number of amides is 1. The Morgan fingerprint density at radius 3 is 2.81 bits per heavy atom. The molecule has 1 heterocycles. The fourth-order valence-electron chi connectivity index (χ4n) is 2.31. The van der Waals surface area contributed by atoms with Crippen molar-refractivity contribution in [3.63, 3.8) is 0 Å². The van der Waals surface area contributed by atoms with Gasteiger partial charge in [-0.1, -0.05) is 28.1 Å². The van der Waals surface area contributed by atoms with Crippen LogP contribution < -0.4 is 5.32 Å². The fraction of sp³-hybridized carbons (Fsp3) is 0.0588. The Labute approximate surface area is 131 Å². The summed E-state index contributed by atoms with van der Waals surface area (Å²) in [6, 6.07) is 15.1. The van der Waals surface area contributed by atoms with E-state index < -0.39 is 0 Å². The average Bonchev–Trinajstić information content (AvgIpc) is 2.45. The van der Waals surface area contributed by atoms with Crippen LogP contribution in [0.15, 0.2) is 59.2 Å². The predicted molar refractivity (Wildman–Crippen MR) is 88.6 cm³/mol. The SMILES string of the molecule is Cc1cc(Br)cc(NC(=O)c2cccc3ncccc23)c1. The van der Waals surface area contributed by atoms with Crippen LogP contribution in [0, 0.1) is 6.92 Å². The molecule has 4 heteroatoms. The van der Waals surface area contributed by atoms with Gasteiger partial charge >= 0.3 is 0 Å². The highest BCUT2D eigenvalue weighted by atomic mass is 79.9. The summed E-state index contributed by atoms with van der Waals surface area (Å²) in [6.07, 6.45) is 1.72. The van der Waals surface area contributed by atoms with Crippen molar-refractivity contribution in [1.29, 1.82) is 0 Å². The van der Waals surface area contributed by atoms with Gasteiger partial charge in [-0.15, -0.1) is 0 Å². The average molecular weight is 341 g/mol. The van der Waals surface area contributed by atoms with Gasteiger partial charge in [0.1, 0.15) is 0 Å². The number of nitrogens with zero attached hydrogens (tertiary/aromatic N) is 1. The smallest absolute Gasteiger partial charge is 0.256 e. The minimum absolute atomic E-state index is 0.133. The summed E-state index contributed by atoms with van der Waals surface area (Å²) < 4.78 is 0.942. The summed E-state index contributed by atoms with van der Waals surface area (Å²) in [7, 11) is 0. The number of hydrogen-bond donors (Lipinski definition) is 1. The van der Waals surface area contributed by atoms with Gasteiger partial charge in [-0.25, -0.2) is 0 Å². The number of pyridine rings is 1. The summed E-state index contributed by atoms with van der Waals surface area (Å²) in [5.41, 5.74) is 3.29. The zero-order chi connectivity index (χ0) is 14.8. The largest absolute Gasteiger partial charge is 0.322 e. The van der Waals surface area contributed by atoms with Gasteiger partial charge in [0.15, 0.2) is 0 Å². The van der Waals surface area contributed by atoms with Crippen LogP contribution in [0.25, 0.3) is 10.9 Å². The molecule has 3 aromatic rings. The Balaban J connectivity index is 1.97. The van der Waals surface area contributed by atoms with E-state index in [1.807, 2.05) is 55.5 Å². The number of carbonyl (C=O) groups excluding carboxylic acids is 1. The van der Waals surface area contributed by atoms with Crippen molar-refractivity contribution in [2.75, 3.05) is 5.32 Å². The van der Waals surface area contributed by atoms with E-state index in [0.29, 0.717) is 5.56 Å². The van der Waals surface area contributed by atoms with Gasteiger partial charge < -0.3 is 5.32 Å². The maximum atomic E-state index is 12.5. The molecule has 0 unspecified atom stereocenters. The summed E-state index contributed by atoms with van der Waals surface area (Å²) in [5.74, 6) is -0.133. The third kappa shape index (κ3) is 2.95. The molecule has 0 saturated heterocycles. The van der Waals surface area contributed by atoms with Gasteiger partial charge in [-0.2, -0.15) is 0 Å². The normalized spacial score (nSPS) is 10.6. The summed E-state index contributed by atoms with van der Waals surface area (Å²) in [6.45, 7) is 1.99. The van der Waals surface area contributed by atoms with Crippen LogP contribution in [0.5, 0.6) is 0 Å². The topological polar surface area (TPSA) is 42.0 Å². The number of aryl methyl sites for hydroxylation is 1. The number of rotatable bonds is 2. The maximum Gasteiger partial charge on any atom is 0.256 e. The molecule has 0 atom stereocenters. The molecule has 0 fully saturated rings. The molecule has 0 aliphatic carbocycles. The van der Waals surface area contributed by atoms with Crippen LogP contribution >= 0.6 is 15.9 Å². The standard InChI is InChI=1S/C17H13BrN2O/c1-11-8-12(18)10-13(9-11)20-17(21)15-4-2-6-16-14(15)5-3-7-19-16/h2-10H,1H3,(H,20,21). The Morgan fingerprint density at radius 2 is 2.00 bits per heavy atom. The van der Waals surface area contributed by atoms with Crippen LogP contribution in [0.4, 0.5) is 5.69 Å². The molecule has 3 rings (SSSR count). The fourth-order valence-corrected chi connectivity index (χ4v) is 2.92. The molecule has 1 N–H and O–H groups in total. The number of carbonyl (C=O) groups is 1. The first-order valence-corrected chi connectivity index (χ1v) is 7.35. The van der Waals surface area contributed by atoms with Crippen molar-refractivity contribution in [2.24, 2.45) is 0 Å². The molecule has 1 aromatic heterocycles. The molecule has 3 nitrogen and oxygen atoms in total. The van der Waals surface area contributed by atoms with Gasteiger partial charge in [0.25, 0.3) is 5.91 Å². The second-order valence-electron chi connectivity index (χ2n) is 4.85. The Hall–Kier alpha value is -2.20. The molecule has 0 spiro atoms. The molecule has 0 saturated carbocycles. The van der Waals surface area contributed by atoms with Gasteiger partial charge in [0.05, 0.1) is 5.52 Å². The van der Waals surface area contributed by atoms with E-state index in [4.69, 9.17) is 0 Å². The second-order valence-corrected chi connectivity index (χ2v) is 5.76. The van der Waals surface area contributed by atoms with Crippen molar-refractivity contribution in [2.45, 2.75) is 6.92 Å². The number of nitrogens with one attached hydrogen (secondary N) is 1. The third-order valence-electron chi connectivity index (χ3n) is 3.19. The van der Waals surface area contributed by atoms with Gasteiger partial charge in [-0.05, 0) is 48.9 Å². The van der Waals surface area contributed by atoms with Crippen LogP contribution in [0.2, 0.25) is 0 Å². The first kappa shape index (κ1) is 13.8. The molecule has 21 heavy (non-hydrogen) atoms. The molecule has 0 bridgehead atoms. The molecule has 2 aromatic carbocycles. The lowest BCUT2D eigenvalue weighted by Gasteiger charge is -2.09. The van der Waals surface area contributed by atoms with Crippen molar-refractivity contribution in [1.82, 2.24) is 4.98 Å². The lowest BCUT2D eigenvalue weighted by atomic mass is 10.1. The molecule has 104 valence electrons. The van der Waals surface area contributed by atoms with E-state index in [1.54, 1.807) is 6.20 Å². The molecular weight excluding hydrogens is 328 g/mol. The predicted octanol–water partition coefficient (Wildman–Crippen LogP) is 4.56. The van der Waals surface area contributed by atoms with Crippen molar-refractivity contribution >= 4 is 38.4 Å². The van der Waals surface area contributed by atoms with Crippen molar-refractivity contribution in [3.05, 3.63) is 70.3 Å². The summed E-state index contributed by atoms with van der Waals surface area (Å²) in [4.78, 5) is 16.8. The Bertz CT molecular complexity index is 804. The van der Waals surface area contributed by atoms with Crippen molar-refractivity contribution < 1.29 is 4.79 Å². The third-order valence-corrected chi connectivity index (χ3v) is 3.65. The molecule has 0 radical (unpaired) electrons. The minimum Gasteiger partial charge on any atom is -0.322 e. The monoisotopic (exact) mass is 340 g/mol. The Morgan fingerprint density at radius 1 is 1.14 bits per heavy atom. The number of fused-ring (bicyclic) bond motifs is 1. The molecular formula is C17H13BrN2O. The lowest BCUT2D eigenvalue weighted by molar-refractivity contribution is 0.102. The zero-order valence-corrected chi connectivity index (χ0v) is 13.0. The molecule has 0 aliphatic rings. The van der Waals surface area contributed by atoms with Crippen LogP contribution in [-0.2, 0) is 0 Å². The van der Waals surface area contributed by atoms with E-state index in [9.17, 15) is 4.79 Å². The van der Waals surface area contributed by atoms with E-state index >= 15 is 0 Å². The minimum atomic E-state index is -0.133. The highest BCUT2D eigenvalue weighted by molar-refractivity contribution is 9.10. The summed E-state index contributed by atoms with van der Waals surface area (Å²) >= 11 is 3.44.